The number of hydrogen-bond donors (Lipinski definition) is 2. The number of benzene rings is 2. The Morgan fingerprint density at radius 3 is 2.52 bits per heavy atom. The molecule has 25 heavy (non-hydrogen) atoms. The number of aromatic nitrogens is 2. The molecule has 0 aliphatic carbocycles. The first-order valence-corrected chi connectivity index (χ1v) is 8.29. The molecular weight excluding hydrogens is 336 g/mol. The molecule has 1 heterocycles. The van der Waals surface area contributed by atoms with E-state index in [1.54, 1.807) is 13.3 Å². The minimum atomic E-state index is 0.569. The lowest BCUT2D eigenvalue weighted by Crippen LogP contribution is -2.07. The molecule has 6 heteroatoms. The van der Waals surface area contributed by atoms with Crippen LogP contribution >= 0.6 is 11.6 Å². The molecular formula is C19H19ClN4O. The first kappa shape index (κ1) is 17.0. The number of ether oxygens (including phenoxy) is 1. The molecule has 1 aromatic heterocycles. The van der Waals surface area contributed by atoms with Gasteiger partial charge in [0, 0.05) is 24.3 Å². The van der Waals surface area contributed by atoms with Crippen molar-refractivity contribution in [3.05, 3.63) is 76.9 Å². The fourth-order valence-corrected chi connectivity index (χ4v) is 2.50. The molecule has 0 amide bonds. The van der Waals surface area contributed by atoms with E-state index in [1.807, 2.05) is 54.6 Å². The van der Waals surface area contributed by atoms with E-state index in [-0.39, 0.29) is 0 Å². The summed E-state index contributed by atoms with van der Waals surface area (Å²) in [4.78, 5) is 8.71. The van der Waals surface area contributed by atoms with Crippen LogP contribution in [0.2, 0.25) is 5.02 Å². The van der Waals surface area contributed by atoms with E-state index < -0.39 is 0 Å². The zero-order valence-corrected chi connectivity index (χ0v) is 14.6. The predicted molar refractivity (Wildman–Crippen MR) is 101 cm³/mol. The Labute approximate surface area is 152 Å². The highest BCUT2D eigenvalue weighted by atomic mass is 35.5. The summed E-state index contributed by atoms with van der Waals surface area (Å²) in [6, 6.07) is 17.4. The van der Waals surface area contributed by atoms with Crippen LogP contribution in [0.1, 0.15) is 11.1 Å². The molecule has 2 aromatic carbocycles. The molecule has 128 valence electrons. The van der Waals surface area contributed by atoms with Crippen LogP contribution in [0, 0.1) is 0 Å². The third kappa shape index (κ3) is 4.84. The van der Waals surface area contributed by atoms with Crippen LogP contribution in [-0.2, 0) is 13.1 Å². The lowest BCUT2D eigenvalue weighted by Gasteiger charge is -2.09. The number of halogens is 1. The van der Waals surface area contributed by atoms with Gasteiger partial charge in [0.05, 0.1) is 7.11 Å². The molecule has 0 atom stereocenters. The van der Waals surface area contributed by atoms with Crippen LogP contribution in [0.4, 0.5) is 11.8 Å². The summed E-state index contributed by atoms with van der Waals surface area (Å²) in [7, 11) is 1.65. The fourth-order valence-electron chi connectivity index (χ4n) is 2.29. The Kier molecular flexibility index (Phi) is 5.69. The molecule has 3 aromatic rings. The van der Waals surface area contributed by atoms with Gasteiger partial charge in [0.2, 0.25) is 5.95 Å². The minimum absolute atomic E-state index is 0.569. The second kappa shape index (κ2) is 8.35. The zero-order chi connectivity index (χ0) is 17.5. The Bertz CT molecular complexity index is 824. The van der Waals surface area contributed by atoms with Crippen LogP contribution in [0.3, 0.4) is 0 Å². The minimum Gasteiger partial charge on any atom is -0.497 e. The summed E-state index contributed by atoms with van der Waals surface area (Å²) in [5.41, 5.74) is 2.15. The Hall–Kier alpha value is -2.79. The number of nitrogens with one attached hydrogen (secondary N) is 2. The van der Waals surface area contributed by atoms with Gasteiger partial charge in [-0.05, 0) is 35.4 Å². The van der Waals surface area contributed by atoms with Gasteiger partial charge < -0.3 is 15.4 Å². The van der Waals surface area contributed by atoms with Crippen molar-refractivity contribution in [1.29, 1.82) is 0 Å². The van der Waals surface area contributed by atoms with Crippen molar-refractivity contribution in [3.63, 3.8) is 0 Å². The molecule has 0 radical (unpaired) electrons. The average molecular weight is 355 g/mol. The number of anilines is 2. The monoisotopic (exact) mass is 354 g/mol. The average Bonchev–Trinajstić information content (AvgIpc) is 2.66. The van der Waals surface area contributed by atoms with Crippen molar-refractivity contribution < 1.29 is 4.74 Å². The van der Waals surface area contributed by atoms with Gasteiger partial charge in [-0.15, -0.1) is 0 Å². The van der Waals surface area contributed by atoms with Gasteiger partial charge in [-0.1, -0.05) is 41.9 Å². The van der Waals surface area contributed by atoms with Gasteiger partial charge in [0.1, 0.15) is 11.6 Å². The van der Waals surface area contributed by atoms with Gasteiger partial charge >= 0.3 is 0 Å². The van der Waals surface area contributed by atoms with Crippen molar-refractivity contribution in [2.75, 3.05) is 17.7 Å². The van der Waals surface area contributed by atoms with E-state index in [1.165, 1.54) is 0 Å². The molecule has 0 fully saturated rings. The highest BCUT2D eigenvalue weighted by Gasteiger charge is 2.02. The van der Waals surface area contributed by atoms with Crippen molar-refractivity contribution in [3.8, 4) is 5.75 Å². The van der Waals surface area contributed by atoms with Crippen molar-refractivity contribution in [2.24, 2.45) is 0 Å². The van der Waals surface area contributed by atoms with E-state index in [9.17, 15) is 0 Å². The van der Waals surface area contributed by atoms with Crippen LogP contribution in [0.5, 0.6) is 5.75 Å². The van der Waals surface area contributed by atoms with Gasteiger partial charge in [0.25, 0.3) is 0 Å². The van der Waals surface area contributed by atoms with E-state index >= 15 is 0 Å². The quantitative estimate of drug-likeness (QED) is 0.660. The van der Waals surface area contributed by atoms with Gasteiger partial charge in [-0.25, -0.2) is 4.98 Å². The summed E-state index contributed by atoms with van der Waals surface area (Å²) >= 11 is 6.17. The zero-order valence-electron chi connectivity index (χ0n) is 13.9. The van der Waals surface area contributed by atoms with Crippen molar-refractivity contribution in [2.45, 2.75) is 13.1 Å². The molecule has 0 aliphatic rings. The SMILES string of the molecule is COc1ccc(CNc2nccc(NCc3ccccc3Cl)n2)cc1. The molecule has 0 aliphatic heterocycles. The Morgan fingerprint density at radius 1 is 0.960 bits per heavy atom. The maximum Gasteiger partial charge on any atom is 0.224 e. The van der Waals surface area contributed by atoms with E-state index in [0.717, 1.165) is 27.7 Å². The molecule has 3 rings (SSSR count). The molecule has 5 nitrogen and oxygen atoms in total. The van der Waals surface area contributed by atoms with Crippen LogP contribution in [0.25, 0.3) is 0 Å². The van der Waals surface area contributed by atoms with E-state index in [2.05, 4.69) is 20.6 Å². The molecule has 0 saturated carbocycles. The highest BCUT2D eigenvalue weighted by Crippen LogP contribution is 2.17. The van der Waals surface area contributed by atoms with Crippen LogP contribution in [-0.4, -0.2) is 17.1 Å². The molecule has 2 N–H and O–H groups in total. The number of methoxy groups -OCH3 is 1. The maximum absolute atomic E-state index is 6.17. The normalized spacial score (nSPS) is 10.3. The smallest absolute Gasteiger partial charge is 0.224 e. The van der Waals surface area contributed by atoms with E-state index in [0.29, 0.717) is 19.0 Å². The Morgan fingerprint density at radius 2 is 1.76 bits per heavy atom. The van der Waals surface area contributed by atoms with Crippen molar-refractivity contribution in [1.82, 2.24) is 9.97 Å². The maximum atomic E-state index is 6.17. The Balaban J connectivity index is 1.58. The number of hydrogen-bond acceptors (Lipinski definition) is 5. The lowest BCUT2D eigenvalue weighted by atomic mass is 10.2. The first-order chi connectivity index (χ1) is 12.2. The van der Waals surface area contributed by atoms with Gasteiger partial charge in [-0.2, -0.15) is 4.98 Å². The molecule has 0 saturated heterocycles. The highest BCUT2D eigenvalue weighted by molar-refractivity contribution is 6.31. The standard InChI is InChI=1S/C19H19ClN4O/c1-25-16-8-6-14(7-9-16)12-23-19-21-11-10-18(24-19)22-13-15-4-2-3-5-17(15)20/h2-11H,12-13H2,1H3,(H2,21,22,23,24). The topological polar surface area (TPSA) is 59.1 Å². The molecule has 0 bridgehead atoms. The first-order valence-electron chi connectivity index (χ1n) is 7.92. The summed E-state index contributed by atoms with van der Waals surface area (Å²) in [6.45, 7) is 1.24. The molecule has 0 spiro atoms. The van der Waals surface area contributed by atoms with Gasteiger partial charge in [0.15, 0.2) is 0 Å². The third-order valence-electron chi connectivity index (χ3n) is 3.68. The third-order valence-corrected chi connectivity index (χ3v) is 4.05. The van der Waals surface area contributed by atoms with E-state index in [4.69, 9.17) is 16.3 Å². The van der Waals surface area contributed by atoms with Crippen molar-refractivity contribution >= 4 is 23.4 Å². The lowest BCUT2D eigenvalue weighted by molar-refractivity contribution is 0.414. The second-order valence-electron chi connectivity index (χ2n) is 5.41. The summed E-state index contributed by atoms with van der Waals surface area (Å²) in [5, 5.41) is 7.22. The molecule has 0 unspecified atom stereocenters. The summed E-state index contributed by atoms with van der Waals surface area (Å²) in [6.07, 6.45) is 1.72. The number of rotatable bonds is 7. The largest absolute Gasteiger partial charge is 0.497 e. The summed E-state index contributed by atoms with van der Waals surface area (Å²) in [5.74, 6) is 2.15. The second-order valence-corrected chi connectivity index (χ2v) is 5.82. The fraction of sp³-hybridized carbons (Fsp3) is 0.158. The number of nitrogens with zero attached hydrogens (tertiary/aromatic N) is 2. The predicted octanol–water partition coefficient (Wildman–Crippen LogP) is 4.36. The van der Waals surface area contributed by atoms with Crippen LogP contribution in [0.15, 0.2) is 60.8 Å². The summed E-state index contributed by atoms with van der Waals surface area (Å²) < 4.78 is 5.16. The van der Waals surface area contributed by atoms with Gasteiger partial charge in [-0.3, -0.25) is 0 Å². The van der Waals surface area contributed by atoms with Crippen LogP contribution < -0.4 is 15.4 Å².